The van der Waals surface area contributed by atoms with Crippen molar-refractivity contribution < 1.29 is 4.79 Å². The van der Waals surface area contributed by atoms with Gasteiger partial charge in [-0.05, 0) is 36.0 Å². The van der Waals surface area contributed by atoms with Crippen LogP contribution in [0.1, 0.15) is 49.5 Å². The predicted octanol–water partition coefficient (Wildman–Crippen LogP) is 2.88. The molecule has 0 aromatic heterocycles. The summed E-state index contributed by atoms with van der Waals surface area (Å²) in [6.07, 6.45) is 2.26. The lowest BCUT2D eigenvalue weighted by atomic mass is 9.86. The predicted molar refractivity (Wildman–Crippen MR) is 65.6 cm³/mol. The van der Waals surface area contributed by atoms with Crippen LogP contribution in [0.3, 0.4) is 0 Å². The van der Waals surface area contributed by atoms with Crippen molar-refractivity contribution in [3.63, 3.8) is 0 Å². The first-order chi connectivity index (χ1) is 7.47. The number of carbonyl (C=O) groups is 1. The van der Waals surface area contributed by atoms with Gasteiger partial charge in [0.1, 0.15) is 0 Å². The van der Waals surface area contributed by atoms with E-state index in [1.807, 2.05) is 18.2 Å². The van der Waals surface area contributed by atoms with E-state index in [4.69, 9.17) is 0 Å². The Hall–Kier alpha value is -1.31. The Morgan fingerprint density at radius 2 is 2.00 bits per heavy atom. The molecule has 1 aliphatic carbocycles. The highest BCUT2D eigenvalue weighted by Crippen LogP contribution is 2.23. The molecule has 86 valence electrons. The average Bonchev–Trinajstić information content (AvgIpc) is 3.00. The van der Waals surface area contributed by atoms with Crippen LogP contribution in [0, 0.1) is 0 Å². The lowest BCUT2D eigenvalue weighted by molar-refractivity contribution is 0.0951. The fraction of sp³-hybridized carbons (Fsp3) is 0.500. The number of hydrogen-bond acceptors (Lipinski definition) is 1. The summed E-state index contributed by atoms with van der Waals surface area (Å²) in [5.41, 5.74) is 2.07. The monoisotopic (exact) mass is 217 g/mol. The van der Waals surface area contributed by atoms with E-state index < -0.39 is 0 Å². The minimum Gasteiger partial charge on any atom is -0.349 e. The molecule has 1 saturated carbocycles. The summed E-state index contributed by atoms with van der Waals surface area (Å²) >= 11 is 0. The maximum Gasteiger partial charge on any atom is 0.251 e. The van der Waals surface area contributed by atoms with Crippen molar-refractivity contribution >= 4 is 5.91 Å². The third-order valence-corrected chi connectivity index (χ3v) is 2.90. The van der Waals surface area contributed by atoms with Gasteiger partial charge in [0.15, 0.2) is 0 Å². The number of amides is 1. The van der Waals surface area contributed by atoms with Crippen LogP contribution in [0.15, 0.2) is 24.3 Å². The van der Waals surface area contributed by atoms with E-state index in [1.54, 1.807) is 0 Å². The highest BCUT2D eigenvalue weighted by atomic mass is 16.1. The minimum atomic E-state index is 0.0635. The van der Waals surface area contributed by atoms with Crippen LogP contribution in [0.25, 0.3) is 0 Å². The summed E-state index contributed by atoms with van der Waals surface area (Å²) in [6.45, 7) is 6.47. The molecule has 1 aromatic carbocycles. The summed E-state index contributed by atoms with van der Waals surface area (Å²) in [5, 5.41) is 3.01. The van der Waals surface area contributed by atoms with Gasteiger partial charge >= 0.3 is 0 Å². The summed E-state index contributed by atoms with van der Waals surface area (Å²) in [5.74, 6) is 0.0635. The first kappa shape index (κ1) is 11.2. The molecular weight excluding hydrogens is 198 g/mol. The van der Waals surface area contributed by atoms with E-state index in [1.165, 1.54) is 5.56 Å². The molecule has 16 heavy (non-hydrogen) atoms. The molecule has 2 heteroatoms. The molecular formula is C14H19NO. The van der Waals surface area contributed by atoms with Crippen molar-refractivity contribution in [3.05, 3.63) is 35.4 Å². The molecule has 0 saturated heterocycles. The van der Waals surface area contributed by atoms with Crippen LogP contribution in [-0.4, -0.2) is 11.9 Å². The summed E-state index contributed by atoms with van der Waals surface area (Å²) in [6, 6.07) is 8.34. The Kier molecular flexibility index (Phi) is 2.75. The third kappa shape index (κ3) is 2.63. The number of nitrogens with one attached hydrogen (secondary N) is 1. The highest BCUT2D eigenvalue weighted by Gasteiger charge is 2.24. The van der Waals surface area contributed by atoms with Crippen molar-refractivity contribution in [3.8, 4) is 0 Å². The van der Waals surface area contributed by atoms with Crippen LogP contribution in [0.5, 0.6) is 0 Å². The van der Waals surface area contributed by atoms with Crippen molar-refractivity contribution in [1.29, 1.82) is 0 Å². The van der Waals surface area contributed by atoms with Gasteiger partial charge in [0.05, 0.1) is 0 Å². The molecule has 0 spiro atoms. The SMILES string of the molecule is CC(C)(C)c1cccc(C(=O)NC2CC2)c1. The molecule has 0 aliphatic heterocycles. The maximum absolute atomic E-state index is 11.9. The van der Waals surface area contributed by atoms with Gasteiger partial charge in [0.25, 0.3) is 5.91 Å². The second-order valence-electron chi connectivity index (χ2n) is 5.58. The first-order valence-electron chi connectivity index (χ1n) is 5.88. The smallest absolute Gasteiger partial charge is 0.251 e. The van der Waals surface area contributed by atoms with Gasteiger partial charge in [0, 0.05) is 11.6 Å². The molecule has 0 unspecified atom stereocenters. The van der Waals surface area contributed by atoms with Crippen LogP contribution in [-0.2, 0) is 5.41 Å². The zero-order chi connectivity index (χ0) is 11.8. The minimum absolute atomic E-state index is 0.0635. The second-order valence-corrected chi connectivity index (χ2v) is 5.58. The van der Waals surface area contributed by atoms with Gasteiger partial charge in [-0.1, -0.05) is 32.9 Å². The molecule has 0 heterocycles. The average molecular weight is 217 g/mol. The van der Waals surface area contributed by atoms with Crippen molar-refractivity contribution in [2.45, 2.75) is 45.1 Å². The fourth-order valence-corrected chi connectivity index (χ4v) is 1.62. The number of carbonyl (C=O) groups excluding carboxylic acids is 1. The Morgan fingerprint density at radius 3 is 2.56 bits per heavy atom. The summed E-state index contributed by atoms with van der Waals surface area (Å²) in [4.78, 5) is 11.9. The maximum atomic E-state index is 11.9. The van der Waals surface area contributed by atoms with Gasteiger partial charge in [-0.25, -0.2) is 0 Å². The molecule has 2 nitrogen and oxygen atoms in total. The molecule has 0 atom stereocenters. The van der Waals surface area contributed by atoms with Crippen LogP contribution >= 0.6 is 0 Å². The van der Waals surface area contributed by atoms with Crippen molar-refractivity contribution in [2.24, 2.45) is 0 Å². The van der Waals surface area contributed by atoms with Gasteiger partial charge in [-0.15, -0.1) is 0 Å². The molecule has 1 aromatic rings. The van der Waals surface area contributed by atoms with E-state index in [9.17, 15) is 4.79 Å². The Labute approximate surface area is 97.1 Å². The molecule has 1 amide bonds. The highest BCUT2D eigenvalue weighted by molar-refractivity contribution is 5.94. The van der Waals surface area contributed by atoms with Crippen LogP contribution in [0.4, 0.5) is 0 Å². The quantitative estimate of drug-likeness (QED) is 0.811. The largest absolute Gasteiger partial charge is 0.349 e. The van der Waals surface area contributed by atoms with Crippen molar-refractivity contribution in [1.82, 2.24) is 5.32 Å². The number of rotatable bonds is 2. The topological polar surface area (TPSA) is 29.1 Å². The lowest BCUT2D eigenvalue weighted by Crippen LogP contribution is -2.25. The summed E-state index contributed by atoms with van der Waals surface area (Å²) < 4.78 is 0. The van der Waals surface area contributed by atoms with Gasteiger partial charge in [-0.2, -0.15) is 0 Å². The lowest BCUT2D eigenvalue weighted by Gasteiger charge is -2.19. The van der Waals surface area contributed by atoms with Gasteiger partial charge in [0.2, 0.25) is 0 Å². The van der Waals surface area contributed by atoms with E-state index >= 15 is 0 Å². The zero-order valence-corrected chi connectivity index (χ0v) is 10.2. The van der Waals surface area contributed by atoms with E-state index in [0.29, 0.717) is 6.04 Å². The molecule has 1 fully saturated rings. The second kappa shape index (κ2) is 3.93. The number of benzene rings is 1. The Balaban J connectivity index is 2.17. The molecule has 2 rings (SSSR count). The Morgan fingerprint density at radius 1 is 1.31 bits per heavy atom. The summed E-state index contributed by atoms with van der Waals surface area (Å²) in [7, 11) is 0. The van der Waals surface area contributed by atoms with Crippen LogP contribution in [0.2, 0.25) is 0 Å². The van der Waals surface area contributed by atoms with Gasteiger partial charge < -0.3 is 5.32 Å². The van der Waals surface area contributed by atoms with E-state index in [2.05, 4.69) is 32.2 Å². The normalized spacial score (nSPS) is 15.9. The first-order valence-corrected chi connectivity index (χ1v) is 5.88. The molecule has 0 radical (unpaired) electrons. The third-order valence-electron chi connectivity index (χ3n) is 2.90. The zero-order valence-electron chi connectivity index (χ0n) is 10.2. The Bertz CT molecular complexity index is 399. The van der Waals surface area contributed by atoms with Gasteiger partial charge in [-0.3, -0.25) is 4.79 Å². The van der Waals surface area contributed by atoms with Crippen LogP contribution < -0.4 is 5.32 Å². The molecule has 1 aliphatic rings. The van der Waals surface area contributed by atoms with E-state index in [-0.39, 0.29) is 11.3 Å². The molecule has 1 N–H and O–H groups in total. The van der Waals surface area contributed by atoms with Crippen molar-refractivity contribution in [2.75, 3.05) is 0 Å². The number of hydrogen-bond donors (Lipinski definition) is 1. The fourth-order valence-electron chi connectivity index (χ4n) is 1.62. The molecule has 0 bridgehead atoms. The van der Waals surface area contributed by atoms with E-state index in [0.717, 1.165) is 18.4 Å². The standard InChI is InChI=1S/C14H19NO/c1-14(2,3)11-6-4-5-10(9-11)13(16)15-12-7-8-12/h4-6,9,12H,7-8H2,1-3H3,(H,15,16).